The van der Waals surface area contributed by atoms with Gasteiger partial charge in [-0.2, -0.15) is 4.98 Å². The van der Waals surface area contributed by atoms with Crippen LogP contribution in [0.3, 0.4) is 0 Å². The van der Waals surface area contributed by atoms with Gasteiger partial charge in [-0.25, -0.2) is 14.8 Å². The van der Waals surface area contributed by atoms with Crippen molar-refractivity contribution in [2.24, 2.45) is 5.92 Å². The van der Waals surface area contributed by atoms with Gasteiger partial charge < -0.3 is 10.1 Å². The Hall–Kier alpha value is -2.22. The number of cyclic esters (lactones) is 1. The van der Waals surface area contributed by atoms with Crippen molar-refractivity contribution in [2.45, 2.75) is 39.8 Å². The molecule has 8 heteroatoms. The number of thiazole rings is 1. The van der Waals surface area contributed by atoms with E-state index < -0.39 is 0 Å². The number of hydrogen-bond acceptors (Lipinski definition) is 7. The van der Waals surface area contributed by atoms with Crippen LogP contribution >= 0.6 is 11.3 Å². The molecule has 2 atom stereocenters. The summed E-state index contributed by atoms with van der Waals surface area (Å²) in [6.07, 6.45) is 1.29. The summed E-state index contributed by atoms with van der Waals surface area (Å²) in [4.78, 5) is 26.9. The van der Waals surface area contributed by atoms with E-state index in [0.717, 1.165) is 10.7 Å². The summed E-state index contributed by atoms with van der Waals surface area (Å²) in [6.45, 7) is 8.49. The molecular formula is C16H21N5O2S. The summed E-state index contributed by atoms with van der Waals surface area (Å²) in [5.41, 5.74) is 0.998. The molecule has 0 aliphatic carbocycles. The predicted octanol–water partition coefficient (Wildman–Crippen LogP) is 3.40. The molecule has 2 aromatic rings. The molecule has 2 aromatic heterocycles. The molecule has 0 radical (unpaired) electrons. The summed E-state index contributed by atoms with van der Waals surface area (Å²) < 4.78 is 5.18. The second kappa shape index (κ2) is 6.72. The maximum absolute atomic E-state index is 12.1. The Morgan fingerprint density at radius 2 is 2.17 bits per heavy atom. The molecule has 0 aromatic carbocycles. The summed E-state index contributed by atoms with van der Waals surface area (Å²) in [5, 5.41) is 6.23. The van der Waals surface area contributed by atoms with E-state index in [1.54, 1.807) is 28.5 Å². The van der Waals surface area contributed by atoms with Gasteiger partial charge in [0.1, 0.15) is 17.4 Å². The van der Waals surface area contributed by atoms with E-state index in [0.29, 0.717) is 18.4 Å². The van der Waals surface area contributed by atoms with E-state index >= 15 is 0 Å². The van der Waals surface area contributed by atoms with Gasteiger partial charge in [0, 0.05) is 17.3 Å². The summed E-state index contributed by atoms with van der Waals surface area (Å²) >= 11 is 1.60. The number of rotatable bonds is 5. The average Bonchev–Trinajstić information content (AvgIpc) is 3.13. The molecule has 0 saturated carbocycles. The zero-order chi connectivity index (χ0) is 17.3. The van der Waals surface area contributed by atoms with E-state index in [1.165, 1.54) is 0 Å². The normalized spacial score (nSPS) is 18.8. The number of carbonyl (C=O) groups is 1. The highest BCUT2D eigenvalue weighted by Crippen LogP contribution is 2.27. The molecule has 24 heavy (non-hydrogen) atoms. The Balaban J connectivity index is 1.80. The van der Waals surface area contributed by atoms with Gasteiger partial charge in [0.05, 0.1) is 12.1 Å². The van der Waals surface area contributed by atoms with Crippen LogP contribution in [0.1, 0.15) is 37.5 Å². The molecular weight excluding hydrogens is 326 g/mol. The average molecular weight is 347 g/mol. The SMILES string of the molecule is Cc1csc([C@@H](C)Nc2nccc(N3C(=O)OC[C@@H]3C(C)C)n2)n1. The lowest BCUT2D eigenvalue weighted by molar-refractivity contribution is 0.177. The monoisotopic (exact) mass is 347 g/mol. The van der Waals surface area contributed by atoms with Crippen LogP contribution in [0.25, 0.3) is 0 Å². The van der Waals surface area contributed by atoms with E-state index in [-0.39, 0.29) is 24.1 Å². The number of anilines is 2. The van der Waals surface area contributed by atoms with Gasteiger partial charge in [0.2, 0.25) is 5.95 Å². The van der Waals surface area contributed by atoms with Gasteiger partial charge in [0.25, 0.3) is 0 Å². The molecule has 0 spiro atoms. The first-order valence-corrected chi connectivity index (χ1v) is 8.81. The highest BCUT2D eigenvalue weighted by molar-refractivity contribution is 7.09. The Kier molecular flexibility index (Phi) is 4.66. The van der Waals surface area contributed by atoms with Crippen molar-refractivity contribution in [1.82, 2.24) is 15.0 Å². The van der Waals surface area contributed by atoms with Crippen molar-refractivity contribution >= 4 is 29.2 Å². The predicted molar refractivity (Wildman–Crippen MR) is 93.4 cm³/mol. The summed E-state index contributed by atoms with van der Waals surface area (Å²) in [7, 11) is 0. The van der Waals surface area contributed by atoms with E-state index in [9.17, 15) is 4.79 Å². The fourth-order valence-electron chi connectivity index (χ4n) is 2.57. The molecule has 3 heterocycles. The van der Waals surface area contributed by atoms with Crippen molar-refractivity contribution in [3.05, 3.63) is 28.3 Å². The van der Waals surface area contributed by atoms with Crippen molar-refractivity contribution in [1.29, 1.82) is 0 Å². The van der Waals surface area contributed by atoms with Crippen LogP contribution in [0, 0.1) is 12.8 Å². The molecule has 1 aliphatic heterocycles. The standard InChI is InChI=1S/C16H21N5O2S/c1-9(2)12-7-23-16(22)21(12)13-5-6-17-15(20-13)19-11(4)14-18-10(3)8-24-14/h5-6,8-9,11-12H,7H2,1-4H3,(H,17,19,20)/t11-,12-/m1/s1. The first-order chi connectivity index (χ1) is 11.5. The quantitative estimate of drug-likeness (QED) is 0.893. The molecule has 3 rings (SSSR count). The minimum absolute atomic E-state index is 0.00891. The number of amides is 1. The minimum atomic E-state index is -0.359. The second-order valence-corrected chi connectivity index (χ2v) is 7.08. The lowest BCUT2D eigenvalue weighted by atomic mass is 10.0. The molecule has 0 unspecified atom stereocenters. The maximum Gasteiger partial charge on any atom is 0.415 e. The van der Waals surface area contributed by atoms with Crippen molar-refractivity contribution in [2.75, 3.05) is 16.8 Å². The molecule has 1 fully saturated rings. The smallest absolute Gasteiger partial charge is 0.415 e. The Morgan fingerprint density at radius 3 is 2.83 bits per heavy atom. The fraction of sp³-hybridized carbons (Fsp3) is 0.500. The van der Waals surface area contributed by atoms with Crippen LogP contribution in [0.15, 0.2) is 17.6 Å². The first-order valence-electron chi connectivity index (χ1n) is 7.93. The number of carbonyl (C=O) groups excluding carboxylic acids is 1. The van der Waals surface area contributed by atoms with Crippen molar-refractivity contribution in [3.63, 3.8) is 0 Å². The molecule has 1 saturated heterocycles. The van der Waals surface area contributed by atoms with Crippen molar-refractivity contribution in [3.8, 4) is 0 Å². The molecule has 1 amide bonds. The number of aryl methyl sites for hydroxylation is 1. The van der Waals surface area contributed by atoms with Gasteiger partial charge in [-0.15, -0.1) is 11.3 Å². The van der Waals surface area contributed by atoms with Gasteiger partial charge in [-0.1, -0.05) is 13.8 Å². The zero-order valence-corrected chi connectivity index (χ0v) is 15.0. The Bertz CT molecular complexity index is 733. The topological polar surface area (TPSA) is 80.2 Å². The maximum atomic E-state index is 12.1. The number of ether oxygens (including phenoxy) is 1. The molecule has 1 aliphatic rings. The van der Waals surface area contributed by atoms with Crippen LogP contribution in [0.4, 0.5) is 16.6 Å². The van der Waals surface area contributed by atoms with E-state index in [1.807, 2.05) is 19.2 Å². The van der Waals surface area contributed by atoms with E-state index in [4.69, 9.17) is 4.74 Å². The molecule has 0 bridgehead atoms. The highest BCUT2D eigenvalue weighted by Gasteiger charge is 2.37. The summed E-state index contributed by atoms with van der Waals surface area (Å²) in [6, 6.07) is 1.70. The lowest BCUT2D eigenvalue weighted by Crippen LogP contribution is -2.37. The van der Waals surface area contributed by atoms with E-state index in [2.05, 4.69) is 34.1 Å². The lowest BCUT2D eigenvalue weighted by Gasteiger charge is -2.23. The highest BCUT2D eigenvalue weighted by atomic mass is 32.1. The van der Waals surface area contributed by atoms with Gasteiger partial charge in [0.15, 0.2) is 0 Å². The Morgan fingerprint density at radius 1 is 1.38 bits per heavy atom. The number of nitrogens with zero attached hydrogens (tertiary/aromatic N) is 4. The van der Waals surface area contributed by atoms with Crippen LogP contribution < -0.4 is 10.2 Å². The van der Waals surface area contributed by atoms with Gasteiger partial charge in [-0.3, -0.25) is 4.90 Å². The third-order valence-corrected chi connectivity index (χ3v) is 5.06. The van der Waals surface area contributed by atoms with Gasteiger partial charge in [-0.05, 0) is 25.8 Å². The second-order valence-electron chi connectivity index (χ2n) is 6.19. The van der Waals surface area contributed by atoms with Crippen LogP contribution in [0.5, 0.6) is 0 Å². The largest absolute Gasteiger partial charge is 0.447 e. The Labute approximate surface area is 145 Å². The number of hydrogen-bond donors (Lipinski definition) is 1. The molecule has 7 nitrogen and oxygen atoms in total. The molecule has 1 N–H and O–H groups in total. The number of nitrogens with one attached hydrogen (secondary N) is 1. The zero-order valence-electron chi connectivity index (χ0n) is 14.2. The third kappa shape index (κ3) is 3.33. The summed E-state index contributed by atoms with van der Waals surface area (Å²) in [5.74, 6) is 1.30. The van der Waals surface area contributed by atoms with Crippen LogP contribution in [0.2, 0.25) is 0 Å². The van der Waals surface area contributed by atoms with Crippen LogP contribution in [-0.2, 0) is 4.74 Å². The van der Waals surface area contributed by atoms with Crippen molar-refractivity contribution < 1.29 is 9.53 Å². The minimum Gasteiger partial charge on any atom is -0.447 e. The third-order valence-electron chi connectivity index (χ3n) is 3.92. The van der Waals surface area contributed by atoms with Gasteiger partial charge >= 0.3 is 6.09 Å². The number of aromatic nitrogens is 3. The first kappa shape index (κ1) is 16.6. The van der Waals surface area contributed by atoms with Crippen LogP contribution in [-0.4, -0.2) is 33.7 Å². The molecule has 128 valence electrons. The fourth-order valence-corrected chi connectivity index (χ4v) is 3.37.